The first kappa shape index (κ1) is 9.59. The molecule has 0 radical (unpaired) electrons. The van der Waals surface area contributed by atoms with Crippen molar-refractivity contribution in [2.45, 2.75) is 39.0 Å². The zero-order chi connectivity index (χ0) is 8.65. The zero-order valence-corrected chi connectivity index (χ0v) is 9.79. The van der Waals surface area contributed by atoms with Gasteiger partial charge in [-0.2, -0.15) is 0 Å². The van der Waals surface area contributed by atoms with Gasteiger partial charge in [0.2, 0.25) is 0 Å². The van der Waals surface area contributed by atoms with Gasteiger partial charge in [-0.1, -0.05) is 39.5 Å². The number of hydrogen-bond donors (Lipinski definition) is 0. The number of rotatable bonds is 0. The lowest BCUT2D eigenvalue weighted by Gasteiger charge is -2.27. The summed E-state index contributed by atoms with van der Waals surface area (Å²) < 4.78 is 1.06. The van der Waals surface area contributed by atoms with Crippen molar-refractivity contribution in [1.82, 2.24) is 0 Å². The van der Waals surface area contributed by atoms with Crippen LogP contribution in [0.3, 0.4) is 0 Å². The van der Waals surface area contributed by atoms with Crippen LogP contribution in [0, 0.1) is 5.41 Å². The Kier molecular flexibility index (Phi) is 2.70. The molecular weight excluding hydrogens is 222 g/mol. The van der Waals surface area contributed by atoms with E-state index in [0.717, 1.165) is 3.95 Å². The Bertz CT molecular complexity index is 183. The number of thioether (sulfide) groups is 1. The molecule has 1 nitrogen and oxygen atoms in total. The molecule has 3 heteroatoms. The summed E-state index contributed by atoms with van der Waals surface area (Å²) >= 11 is 5.25. The van der Waals surface area contributed by atoms with Crippen LogP contribution in [-0.4, -0.2) is 15.2 Å². The molecule has 64 valence electrons. The van der Waals surface area contributed by atoms with Crippen molar-refractivity contribution in [3.05, 3.63) is 0 Å². The highest BCUT2D eigenvalue weighted by atomic mass is 79.9. The highest BCUT2D eigenvalue weighted by Gasteiger charge is 2.34. The maximum absolute atomic E-state index is 4.54. The molecular formula is C8H14BrNS. The summed E-state index contributed by atoms with van der Waals surface area (Å²) in [6, 6.07) is 0.460. The minimum Gasteiger partial charge on any atom is -0.266 e. The monoisotopic (exact) mass is 235 g/mol. The molecule has 11 heavy (non-hydrogen) atoms. The summed E-state index contributed by atoms with van der Waals surface area (Å²) in [4.78, 5) is 4.54. The second-order valence-electron chi connectivity index (χ2n) is 4.02. The standard InChI is InChI=1S/C8H14BrNS/c1-5-6(8(2,3)4)10-7(9)11-5/h5-6H,1-4H3. The predicted molar refractivity (Wildman–Crippen MR) is 56.7 cm³/mol. The van der Waals surface area contributed by atoms with E-state index in [4.69, 9.17) is 0 Å². The summed E-state index contributed by atoms with van der Waals surface area (Å²) in [5.41, 5.74) is 0.294. The molecule has 1 aliphatic heterocycles. The van der Waals surface area contributed by atoms with Crippen LogP contribution < -0.4 is 0 Å². The van der Waals surface area contributed by atoms with E-state index in [9.17, 15) is 0 Å². The average Bonchev–Trinajstić information content (AvgIpc) is 2.08. The first-order chi connectivity index (χ1) is 4.91. The molecule has 0 aromatic rings. The van der Waals surface area contributed by atoms with Gasteiger partial charge in [-0.25, -0.2) is 0 Å². The maximum Gasteiger partial charge on any atom is 0.134 e. The number of aliphatic imine (C=N–C) groups is 1. The number of nitrogens with zero attached hydrogens (tertiary/aromatic N) is 1. The van der Waals surface area contributed by atoms with E-state index in [2.05, 4.69) is 48.6 Å². The van der Waals surface area contributed by atoms with Gasteiger partial charge in [0.05, 0.1) is 6.04 Å². The Hall–Kier alpha value is 0.500. The molecule has 2 atom stereocenters. The molecule has 0 aromatic carbocycles. The highest BCUT2D eigenvalue weighted by molar-refractivity contribution is 9.22. The molecule has 0 bridgehead atoms. The topological polar surface area (TPSA) is 12.4 Å². The summed E-state index contributed by atoms with van der Waals surface area (Å²) in [6.07, 6.45) is 0. The van der Waals surface area contributed by atoms with Gasteiger partial charge >= 0.3 is 0 Å². The van der Waals surface area contributed by atoms with Crippen LogP contribution in [0.1, 0.15) is 27.7 Å². The Labute approximate surface area is 81.2 Å². The van der Waals surface area contributed by atoms with Crippen LogP contribution >= 0.6 is 27.7 Å². The predicted octanol–water partition coefficient (Wildman–Crippen LogP) is 3.29. The minimum atomic E-state index is 0.294. The second-order valence-corrected chi connectivity index (χ2v) is 6.66. The van der Waals surface area contributed by atoms with Gasteiger partial charge in [0, 0.05) is 5.25 Å². The van der Waals surface area contributed by atoms with Crippen molar-refractivity contribution in [1.29, 1.82) is 0 Å². The summed E-state index contributed by atoms with van der Waals surface area (Å²) in [5, 5.41) is 0.615. The minimum absolute atomic E-state index is 0.294. The van der Waals surface area contributed by atoms with Crippen molar-refractivity contribution in [2.75, 3.05) is 0 Å². The van der Waals surface area contributed by atoms with E-state index < -0.39 is 0 Å². The van der Waals surface area contributed by atoms with Crippen molar-refractivity contribution in [2.24, 2.45) is 10.4 Å². The fourth-order valence-corrected chi connectivity index (χ4v) is 3.54. The molecule has 0 N–H and O–H groups in total. The molecule has 1 aliphatic rings. The third-order valence-corrected chi connectivity index (χ3v) is 3.55. The van der Waals surface area contributed by atoms with E-state index >= 15 is 0 Å². The van der Waals surface area contributed by atoms with Crippen molar-refractivity contribution >= 4 is 31.6 Å². The van der Waals surface area contributed by atoms with Gasteiger partial charge in [-0.3, -0.25) is 4.99 Å². The molecule has 0 saturated carbocycles. The van der Waals surface area contributed by atoms with Crippen LogP contribution in [0.5, 0.6) is 0 Å². The Morgan fingerprint density at radius 2 is 2.00 bits per heavy atom. The van der Waals surface area contributed by atoms with Gasteiger partial charge in [0.1, 0.15) is 3.95 Å². The summed E-state index contributed by atoms with van der Waals surface area (Å²) in [7, 11) is 0. The first-order valence-corrected chi connectivity index (χ1v) is 5.48. The van der Waals surface area contributed by atoms with E-state index in [-0.39, 0.29) is 0 Å². The second kappa shape index (κ2) is 3.09. The molecule has 0 amide bonds. The summed E-state index contributed by atoms with van der Waals surface area (Å²) in [5.74, 6) is 0. The third kappa shape index (κ3) is 2.22. The molecule has 0 aliphatic carbocycles. The lowest BCUT2D eigenvalue weighted by molar-refractivity contribution is 0.325. The van der Waals surface area contributed by atoms with Crippen LogP contribution in [0.2, 0.25) is 0 Å². The number of hydrogen-bond acceptors (Lipinski definition) is 2. The lowest BCUT2D eigenvalue weighted by Crippen LogP contribution is -2.29. The highest BCUT2D eigenvalue weighted by Crippen LogP contribution is 2.38. The molecule has 0 aromatic heterocycles. The maximum atomic E-state index is 4.54. The quantitative estimate of drug-likeness (QED) is 0.628. The lowest BCUT2D eigenvalue weighted by atomic mass is 9.85. The molecule has 0 spiro atoms. The molecule has 1 rings (SSSR count). The fourth-order valence-electron chi connectivity index (χ4n) is 1.36. The van der Waals surface area contributed by atoms with Crippen LogP contribution in [-0.2, 0) is 0 Å². The van der Waals surface area contributed by atoms with Crippen LogP contribution in [0.15, 0.2) is 4.99 Å². The first-order valence-electron chi connectivity index (χ1n) is 3.81. The van der Waals surface area contributed by atoms with Gasteiger partial charge in [0.15, 0.2) is 0 Å². The van der Waals surface area contributed by atoms with E-state index in [1.54, 1.807) is 0 Å². The van der Waals surface area contributed by atoms with Gasteiger partial charge < -0.3 is 0 Å². The SMILES string of the molecule is CC1SC(Br)=NC1C(C)(C)C. The van der Waals surface area contributed by atoms with Gasteiger partial charge in [-0.15, -0.1) is 0 Å². The van der Waals surface area contributed by atoms with Crippen LogP contribution in [0.25, 0.3) is 0 Å². The van der Waals surface area contributed by atoms with Crippen molar-refractivity contribution in [3.8, 4) is 0 Å². The fraction of sp³-hybridized carbons (Fsp3) is 0.875. The third-order valence-electron chi connectivity index (χ3n) is 1.86. The molecule has 0 saturated heterocycles. The largest absolute Gasteiger partial charge is 0.266 e. The number of halogens is 1. The van der Waals surface area contributed by atoms with Crippen LogP contribution in [0.4, 0.5) is 0 Å². The van der Waals surface area contributed by atoms with Crippen molar-refractivity contribution < 1.29 is 0 Å². The van der Waals surface area contributed by atoms with E-state index in [1.165, 1.54) is 0 Å². The molecule has 2 unspecified atom stereocenters. The normalized spacial score (nSPS) is 32.3. The average molecular weight is 236 g/mol. The van der Waals surface area contributed by atoms with Crippen molar-refractivity contribution in [3.63, 3.8) is 0 Å². The Morgan fingerprint density at radius 1 is 1.45 bits per heavy atom. The van der Waals surface area contributed by atoms with E-state index in [1.807, 2.05) is 11.8 Å². The Morgan fingerprint density at radius 3 is 2.18 bits per heavy atom. The zero-order valence-electron chi connectivity index (χ0n) is 7.39. The Balaban J connectivity index is 2.74. The van der Waals surface area contributed by atoms with E-state index in [0.29, 0.717) is 16.7 Å². The molecule has 0 fully saturated rings. The smallest absolute Gasteiger partial charge is 0.134 e. The summed E-state index contributed by atoms with van der Waals surface area (Å²) in [6.45, 7) is 8.95. The van der Waals surface area contributed by atoms with Gasteiger partial charge in [0.25, 0.3) is 0 Å². The molecule has 1 heterocycles. The van der Waals surface area contributed by atoms with Gasteiger partial charge in [-0.05, 0) is 21.3 Å².